The number of phenolic OH excluding ortho intramolecular Hbond substituents is 8. The topological polar surface area (TPSA) is 290 Å². The monoisotopic (exact) mass is 647 g/mol. The fourth-order valence-corrected chi connectivity index (χ4v) is 4.05. The molecule has 1 fully saturated rings. The molecule has 1 saturated heterocycles. The van der Waals surface area contributed by atoms with E-state index in [9.17, 15) is 65.4 Å². The van der Waals surface area contributed by atoms with Crippen LogP contribution in [0.2, 0.25) is 0 Å². The zero-order valence-corrected chi connectivity index (χ0v) is 23.0. The van der Waals surface area contributed by atoms with Crippen molar-refractivity contribution >= 4 is 24.0 Å². The summed E-state index contributed by atoms with van der Waals surface area (Å²) in [5, 5.41) is 98.8. The van der Waals surface area contributed by atoms with Crippen molar-refractivity contribution in [3.63, 3.8) is 0 Å². The Bertz CT molecular complexity index is 1690. The van der Waals surface area contributed by atoms with Crippen molar-refractivity contribution in [3.05, 3.63) is 65.2 Å². The molecule has 0 aliphatic carbocycles. The molecule has 5 atom stereocenters. The van der Waals surface area contributed by atoms with Gasteiger partial charge in [0.05, 0.1) is 12.5 Å². The highest BCUT2D eigenvalue weighted by molar-refractivity contribution is 5.92. The van der Waals surface area contributed by atoms with E-state index in [-0.39, 0.29) is 5.56 Å². The lowest BCUT2D eigenvalue weighted by atomic mass is 9.98. The van der Waals surface area contributed by atoms with Crippen LogP contribution in [0.5, 0.6) is 46.0 Å². The van der Waals surface area contributed by atoms with Gasteiger partial charge in [0, 0.05) is 6.08 Å². The van der Waals surface area contributed by atoms with Crippen molar-refractivity contribution in [3.8, 4) is 46.0 Å². The normalized spacial score (nSPS) is 21.6. The van der Waals surface area contributed by atoms with Crippen LogP contribution in [0.1, 0.15) is 27.7 Å². The maximum atomic E-state index is 12.8. The number of phenols is 8. The van der Waals surface area contributed by atoms with Crippen molar-refractivity contribution in [1.29, 1.82) is 0 Å². The summed E-state index contributed by atoms with van der Waals surface area (Å²) < 4.78 is 28.7. The van der Waals surface area contributed by atoms with Gasteiger partial charge in [0.25, 0.3) is 0 Å². The second-order valence-corrected chi connectivity index (χ2v) is 9.65. The van der Waals surface area contributed by atoms with Gasteiger partial charge in [0.2, 0.25) is 6.29 Å². The highest BCUT2D eigenvalue weighted by Gasteiger charge is 2.49. The molecule has 46 heavy (non-hydrogen) atoms. The minimum atomic E-state index is -2.18. The Morgan fingerprint density at radius 1 is 0.717 bits per heavy atom. The van der Waals surface area contributed by atoms with Crippen LogP contribution in [0.25, 0.3) is 6.05 Å². The number of hydrogen-bond acceptors (Lipinski definition) is 17. The minimum absolute atomic E-state index is 0.00545. The minimum Gasteiger partial charge on any atom is -0.504 e. The van der Waals surface area contributed by atoms with E-state index in [2.05, 4.69) is 0 Å². The highest BCUT2D eigenvalue weighted by atomic mass is 16.7. The van der Waals surface area contributed by atoms with Gasteiger partial charge in [0.15, 0.2) is 58.2 Å². The molecule has 0 amide bonds. The zero-order valence-electron chi connectivity index (χ0n) is 24.0. The zero-order chi connectivity index (χ0) is 34.7. The Balaban J connectivity index is 1.57. The summed E-state index contributed by atoms with van der Waals surface area (Å²) in [5.74, 6) is -10.6. The Morgan fingerprint density at radius 3 is 1.76 bits per heavy atom. The summed E-state index contributed by atoms with van der Waals surface area (Å²) in [4.78, 5) is 38.0. The van der Waals surface area contributed by atoms with E-state index in [4.69, 9.17) is 20.3 Å². The van der Waals surface area contributed by atoms with E-state index in [0.717, 1.165) is 12.1 Å². The van der Waals surface area contributed by atoms with E-state index in [1.165, 1.54) is 6.07 Å². The van der Waals surface area contributed by atoms with E-state index in [0.29, 0.717) is 30.3 Å². The van der Waals surface area contributed by atoms with Crippen LogP contribution in [0.4, 0.5) is 0 Å². The lowest BCUT2D eigenvalue weighted by molar-refractivity contribution is -0.285. The molecule has 10 N–H and O–H groups in total. The number of aromatic hydroxyl groups is 8. The summed E-state index contributed by atoms with van der Waals surface area (Å²) >= 11 is 0. The molecule has 244 valence electrons. The number of esters is 3. The molecule has 0 saturated carbocycles. The predicted molar refractivity (Wildman–Crippen MR) is 148 cm³/mol. The van der Waals surface area contributed by atoms with Gasteiger partial charge in [-0.2, -0.15) is 0 Å². The van der Waals surface area contributed by atoms with Crippen LogP contribution in [0.3, 0.4) is 0 Å². The predicted octanol–water partition coefficient (Wildman–Crippen LogP) is 0.417. The van der Waals surface area contributed by atoms with Crippen LogP contribution in [-0.2, 0) is 23.7 Å². The summed E-state index contributed by atoms with van der Waals surface area (Å²) in [7, 11) is 0. The summed E-state index contributed by atoms with van der Waals surface area (Å²) in [6.45, 7) is -0.874. The van der Waals surface area contributed by atoms with Gasteiger partial charge >= 0.3 is 17.9 Å². The molecular weight excluding hydrogens is 620 g/mol. The molecule has 0 bridgehead atoms. The van der Waals surface area contributed by atoms with E-state index in [1.807, 2.05) is 0 Å². The van der Waals surface area contributed by atoms with Crippen molar-refractivity contribution in [2.45, 2.75) is 30.7 Å². The van der Waals surface area contributed by atoms with Gasteiger partial charge in [-0.15, -0.1) is 0 Å². The van der Waals surface area contributed by atoms with Crippen LogP contribution >= 0.6 is 0 Å². The third kappa shape index (κ3) is 7.24. The SMILES string of the molecule is [2H]/C(=C\C(=O)OC[C@H]1OC(OC(=O)c2cc(O)c(O)c(O)c2)[C@H](O)[C@@H](OC(=O)c2cc(O)c(O)c(O)c2)[C@@H]1O)c1ccc(O)c(O)c1. The Hall–Kier alpha value is -5.91. The molecule has 4 rings (SSSR count). The number of rotatable bonds is 8. The highest BCUT2D eigenvalue weighted by Crippen LogP contribution is 2.37. The van der Waals surface area contributed by atoms with Gasteiger partial charge < -0.3 is 70.0 Å². The first-order chi connectivity index (χ1) is 22.1. The van der Waals surface area contributed by atoms with Crippen molar-refractivity contribution in [2.75, 3.05) is 6.61 Å². The van der Waals surface area contributed by atoms with Crippen LogP contribution in [0.15, 0.2) is 48.5 Å². The third-order valence-electron chi connectivity index (χ3n) is 6.44. The van der Waals surface area contributed by atoms with Gasteiger partial charge in [0.1, 0.15) is 18.8 Å². The van der Waals surface area contributed by atoms with Gasteiger partial charge in [-0.25, -0.2) is 14.4 Å². The molecule has 1 aliphatic rings. The average Bonchev–Trinajstić information content (AvgIpc) is 3.01. The molecule has 1 unspecified atom stereocenters. The van der Waals surface area contributed by atoms with Crippen LogP contribution in [0, 0.1) is 0 Å². The summed E-state index contributed by atoms with van der Waals surface area (Å²) in [6.07, 6.45) is -9.38. The van der Waals surface area contributed by atoms with E-state index < -0.39 is 118 Å². The molecule has 3 aromatic carbocycles. The first kappa shape index (κ1) is 31.5. The lowest BCUT2D eigenvalue weighted by Gasteiger charge is -2.41. The van der Waals surface area contributed by atoms with E-state index in [1.54, 1.807) is 0 Å². The number of aliphatic hydroxyl groups excluding tert-OH is 2. The maximum Gasteiger partial charge on any atom is 0.340 e. The molecule has 0 spiro atoms. The number of carbonyl (C=O) groups is 3. The standard InChI is InChI=1S/C29H26O17/c30-14-3-1-11(5-15(14)31)2-4-21(36)43-10-20-24(39)26(45-27(41)12-6-16(32)22(37)17(33)7-12)25(40)29(44-20)46-28(42)13-8-18(34)23(38)19(35)9-13/h1-9,20,24-26,29-35,37-40H,10H2/b4-2+/t20-,24-,25-,26+,29?/m1/s1/i2D. The van der Waals surface area contributed by atoms with Gasteiger partial charge in [-0.3, -0.25) is 0 Å². The number of carbonyl (C=O) groups excluding carboxylic acids is 3. The third-order valence-corrected chi connectivity index (χ3v) is 6.44. The van der Waals surface area contributed by atoms with Crippen molar-refractivity contribution < 1.29 is 85.8 Å². The fraction of sp³-hybridized carbons (Fsp3) is 0.207. The lowest BCUT2D eigenvalue weighted by Crippen LogP contribution is -2.61. The van der Waals surface area contributed by atoms with Crippen molar-refractivity contribution in [2.24, 2.45) is 0 Å². The molecule has 1 aliphatic heterocycles. The summed E-state index contributed by atoms with van der Waals surface area (Å²) in [6, 6.07) is 5.58. The molecule has 1 heterocycles. The molecule has 17 heteroatoms. The van der Waals surface area contributed by atoms with Crippen LogP contribution < -0.4 is 0 Å². The van der Waals surface area contributed by atoms with Crippen LogP contribution in [-0.4, -0.2) is 106 Å². The largest absolute Gasteiger partial charge is 0.504 e. The molecular formula is C29H26O17. The Morgan fingerprint density at radius 2 is 1.24 bits per heavy atom. The van der Waals surface area contributed by atoms with Gasteiger partial charge in [-0.05, 0) is 48.0 Å². The molecule has 0 aromatic heterocycles. The Labute approximate surface area is 258 Å². The average molecular weight is 648 g/mol. The van der Waals surface area contributed by atoms with E-state index >= 15 is 0 Å². The molecule has 3 aromatic rings. The molecule has 0 radical (unpaired) electrons. The first-order valence-electron chi connectivity index (χ1n) is 13.4. The smallest absolute Gasteiger partial charge is 0.340 e. The number of benzene rings is 3. The Kier molecular flexibility index (Phi) is 9.17. The van der Waals surface area contributed by atoms with Crippen molar-refractivity contribution in [1.82, 2.24) is 0 Å². The maximum absolute atomic E-state index is 12.8. The number of ether oxygens (including phenoxy) is 4. The quantitative estimate of drug-likeness (QED) is 0.0685. The fourth-order valence-electron chi connectivity index (χ4n) is 4.05. The molecule has 17 nitrogen and oxygen atoms in total. The number of hydrogen-bond donors (Lipinski definition) is 10. The second-order valence-electron chi connectivity index (χ2n) is 9.65. The summed E-state index contributed by atoms with van der Waals surface area (Å²) in [5.41, 5.74) is -1.12. The first-order valence-corrected chi connectivity index (χ1v) is 12.9. The number of aliphatic hydroxyl groups is 2. The van der Waals surface area contributed by atoms with Gasteiger partial charge in [-0.1, -0.05) is 6.07 Å². The second kappa shape index (κ2) is 13.4.